The van der Waals surface area contributed by atoms with E-state index < -0.39 is 0 Å². The average Bonchev–Trinajstić information content (AvgIpc) is 2.07. The van der Waals surface area contributed by atoms with Crippen LogP contribution in [0, 0.1) is 0 Å². The maximum atomic E-state index is 5.46. The van der Waals surface area contributed by atoms with Gasteiger partial charge in [-0.15, -0.1) is 0 Å². The van der Waals surface area contributed by atoms with Gasteiger partial charge in [-0.1, -0.05) is 36.4 Å². The largest absolute Gasteiger partial charge is 0.326 e. The van der Waals surface area contributed by atoms with Crippen LogP contribution in [0.3, 0.4) is 0 Å². The minimum atomic E-state index is 0.621. The van der Waals surface area contributed by atoms with Crippen LogP contribution in [0.4, 0.5) is 0 Å². The molecule has 58 valence electrons. The molecule has 2 N–H and O–H groups in total. The standard InChI is InChI=1S/C10H13N/c1-2-3-9-4-6-10(8-11)7-5-9/h2-7H,8,11H2,1H3/b3-2-. The van der Waals surface area contributed by atoms with Gasteiger partial charge < -0.3 is 5.73 Å². The van der Waals surface area contributed by atoms with Gasteiger partial charge >= 0.3 is 0 Å². The monoisotopic (exact) mass is 147 g/mol. The van der Waals surface area contributed by atoms with E-state index in [1.54, 1.807) is 0 Å². The van der Waals surface area contributed by atoms with Crippen molar-refractivity contribution in [1.82, 2.24) is 0 Å². The molecular formula is C10H13N. The molecule has 0 aliphatic carbocycles. The molecule has 0 heterocycles. The second kappa shape index (κ2) is 3.94. The van der Waals surface area contributed by atoms with Gasteiger partial charge in [0.1, 0.15) is 0 Å². The molecule has 1 nitrogen and oxygen atoms in total. The van der Waals surface area contributed by atoms with Gasteiger partial charge in [-0.2, -0.15) is 0 Å². The van der Waals surface area contributed by atoms with Gasteiger partial charge in [-0.3, -0.25) is 0 Å². The topological polar surface area (TPSA) is 26.0 Å². The summed E-state index contributed by atoms with van der Waals surface area (Å²) in [4.78, 5) is 0. The number of benzene rings is 1. The Morgan fingerprint density at radius 2 is 1.91 bits per heavy atom. The van der Waals surface area contributed by atoms with Crippen LogP contribution in [0.25, 0.3) is 6.08 Å². The highest BCUT2D eigenvalue weighted by molar-refractivity contribution is 5.49. The first-order valence-electron chi connectivity index (χ1n) is 3.78. The Morgan fingerprint density at radius 3 is 2.36 bits per heavy atom. The van der Waals surface area contributed by atoms with E-state index in [9.17, 15) is 0 Å². The second-order valence-electron chi connectivity index (χ2n) is 2.45. The Morgan fingerprint density at radius 1 is 1.27 bits per heavy atom. The smallest absolute Gasteiger partial charge is 0.0178 e. The SMILES string of the molecule is C/C=C\c1ccc(CN)cc1. The number of hydrogen-bond acceptors (Lipinski definition) is 1. The Balaban J connectivity index is 2.82. The van der Waals surface area contributed by atoms with E-state index in [4.69, 9.17) is 5.73 Å². The fraction of sp³-hybridized carbons (Fsp3) is 0.200. The van der Waals surface area contributed by atoms with Crippen molar-refractivity contribution >= 4 is 6.08 Å². The highest BCUT2D eigenvalue weighted by Gasteiger charge is 1.87. The van der Waals surface area contributed by atoms with E-state index >= 15 is 0 Å². The van der Waals surface area contributed by atoms with Crippen LogP contribution in [-0.2, 0) is 6.54 Å². The number of nitrogens with two attached hydrogens (primary N) is 1. The maximum Gasteiger partial charge on any atom is 0.0178 e. The molecule has 11 heavy (non-hydrogen) atoms. The quantitative estimate of drug-likeness (QED) is 0.681. The van der Waals surface area contributed by atoms with Gasteiger partial charge in [0.25, 0.3) is 0 Å². The van der Waals surface area contributed by atoms with E-state index in [0.717, 1.165) is 0 Å². The van der Waals surface area contributed by atoms with Crippen molar-refractivity contribution in [2.75, 3.05) is 0 Å². The Hall–Kier alpha value is -1.08. The molecule has 0 fully saturated rings. The zero-order valence-corrected chi connectivity index (χ0v) is 6.75. The molecule has 0 saturated heterocycles. The Labute approximate surface area is 67.5 Å². The molecule has 0 bridgehead atoms. The molecule has 0 amide bonds. The van der Waals surface area contributed by atoms with Crippen LogP contribution < -0.4 is 5.73 Å². The number of rotatable bonds is 2. The molecule has 1 heteroatoms. The van der Waals surface area contributed by atoms with Crippen LogP contribution in [0.2, 0.25) is 0 Å². The maximum absolute atomic E-state index is 5.46. The fourth-order valence-electron chi connectivity index (χ4n) is 0.957. The van der Waals surface area contributed by atoms with Gasteiger partial charge in [-0.05, 0) is 18.1 Å². The number of hydrogen-bond donors (Lipinski definition) is 1. The van der Waals surface area contributed by atoms with E-state index in [0.29, 0.717) is 6.54 Å². The van der Waals surface area contributed by atoms with Crippen molar-refractivity contribution in [2.24, 2.45) is 5.73 Å². The second-order valence-corrected chi connectivity index (χ2v) is 2.45. The molecule has 0 aromatic heterocycles. The normalized spacial score (nSPS) is 10.7. The first-order chi connectivity index (χ1) is 5.36. The molecule has 0 spiro atoms. The lowest BCUT2D eigenvalue weighted by Gasteiger charge is -1.96. The third kappa shape index (κ3) is 2.20. The van der Waals surface area contributed by atoms with Crippen LogP contribution in [0.1, 0.15) is 18.1 Å². The predicted octanol–water partition coefficient (Wildman–Crippen LogP) is 2.18. The summed E-state index contributed by atoms with van der Waals surface area (Å²) in [7, 11) is 0. The predicted molar refractivity (Wildman–Crippen MR) is 49.0 cm³/mol. The lowest BCUT2D eigenvalue weighted by atomic mass is 10.1. The lowest BCUT2D eigenvalue weighted by Crippen LogP contribution is -1.94. The highest BCUT2D eigenvalue weighted by Crippen LogP contribution is 2.04. The first kappa shape index (κ1) is 8.02. The van der Waals surface area contributed by atoms with Gasteiger partial charge in [0.15, 0.2) is 0 Å². The Kier molecular flexibility index (Phi) is 2.87. The summed E-state index contributed by atoms with van der Waals surface area (Å²) in [6.07, 6.45) is 4.09. The zero-order valence-electron chi connectivity index (χ0n) is 6.75. The van der Waals surface area contributed by atoms with E-state index in [-0.39, 0.29) is 0 Å². The van der Waals surface area contributed by atoms with Crippen molar-refractivity contribution in [3.8, 4) is 0 Å². The molecule has 1 aromatic rings. The lowest BCUT2D eigenvalue weighted by molar-refractivity contribution is 1.07. The third-order valence-electron chi connectivity index (χ3n) is 1.57. The van der Waals surface area contributed by atoms with Crippen LogP contribution >= 0.6 is 0 Å². The molecule has 0 saturated carbocycles. The van der Waals surface area contributed by atoms with E-state index in [1.165, 1.54) is 11.1 Å². The minimum Gasteiger partial charge on any atom is -0.326 e. The van der Waals surface area contributed by atoms with E-state index in [2.05, 4.69) is 30.3 Å². The van der Waals surface area contributed by atoms with E-state index in [1.807, 2.05) is 13.0 Å². The molecule has 0 aliphatic heterocycles. The summed E-state index contributed by atoms with van der Waals surface area (Å²) in [5.74, 6) is 0. The molecule has 0 radical (unpaired) electrons. The summed E-state index contributed by atoms with van der Waals surface area (Å²) in [6, 6.07) is 8.25. The van der Waals surface area contributed by atoms with Gasteiger partial charge in [-0.25, -0.2) is 0 Å². The molecule has 0 unspecified atom stereocenters. The highest BCUT2D eigenvalue weighted by atomic mass is 14.5. The number of allylic oxidation sites excluding steroid dienone is 1. The van der Waals surface area contributed by atoms with Crippen molar-refractivity contribution in [3.05, 3.63) is 41.5 Å². The van der Waals surface area contributed by atoms with Crippen molar-refractivity contribution in [3.63, 3.8) is 0 Å². The minimum absolute atomic E-state index is 0.621. The fourth-order valence-corrected chi connectivity index (χ4v) is 0.957. The molecule has 1 rings (SSSR count). The van der Waals surface area contributed by atoms with Gasteiger partial charge in [0.2, 0.25) is 0 Å². The third-order valence-corrected chi connectivity index (χ3v) is 1.57. The van der Waals surface area contributed by atoms with Gasteiger partial charge in [0, 0.05) is 6.54 Å². The molecule has 1 aromatic carbocycles. The molecular weight excluding hydrogens is 134 g/mol. The Bertz CT molecular complexity index is 234. The summed E-state index contributed by atoms with van der Waals surface area (Å²) >= 11 is 0. The van der Waals surface area contributed by atoms with Crippen molar-refractivity contribution < 1.29 is 0 Å². The first-order valence-corrected chi connectivity index (χ1v) is 3.78. The summed E-state index contributed by atoms with van der Waals surface area (Å²) < 4.78 is 0. The van der Waals surface area contributed by atoms with Crippen LogP contribution in [0.5, 0.6) is 0 Å². The van der Waals surface area contributed by atoms with Crippen LogP contribution in [-0.4, -0.2) is 0 Å². The summed E-state index contributed by atoms with van der Waals surface area (Å²) in [6.45, 7) is 2.63. The zero-order chi connectivity index (χ0) is 8.10. The molecule has 0 atom stereocenters. The van der Waals surface area contributed by atoms with Gasteiger partial charge in [0.05, 0.1) is 0 Å². The summed E-state index contributed by atoms with van der Waals surface area (Å²) in [5.41, 5.74) is 7.86. The average molecular weight is 147 g/mol. The summed E-state index contributed by atoms with van der Waals surface area (Å²) in [5, 5.41) is 0. The molecule has 0 aliphatic rings. The van der Waals surface area contributed by atoms with Crippen molar-refractivity contribution in [1.29, 1.82) is 0 Å². The van der Waals surface area contributed by atoms with Crippen LogP contribution in [0.15, 0.2) is 30.3 Å². The van der Waals surface area contributed by atoms with Crippen molar-refractivity contribution in [2.45, 2.75) is 13.5 Å².